The first-order valence-corrected chi connectivity index (χ1v) is 5.40. The van der Waals surface area contributed by atoms with Gasteiger partial charge in [-0.2, -0.15) is 18.2 Å². The van der Waals surface area contributed by atoms with Crippen LogP contribution in [-0.2, 0) is 0 Å². The van der Waals surface area contributed by atoms with Gasteiger partial charge in [0, 0.05) is 6.07 Å². The Kier molecular flexibility index (Phi) is 5.12. The van der Waals surface area contributed by atoms with Gasteiger partial charge in [0.1, 0.15) is 18.3 Å². The van der Waals surface area contributed by atoms with Gasteiger partial charge in [0.15, 0.2) is 6.61 Å². The van der Waals surface area contributed by atoms with Gasteiger partial charge in [0.25, 0.3) is 0 Å². The highest BCUT2D eigenvalue weighted by atomic mass is 19.4. The van der Waals surface area contributed by atoms with E-state index in [9.17, 15) is 22.4 Å². The summed E-state index contributed by atoms with van der Waals surface area (Å²) < 4.78 is 57.7. The average molecular weight is 297 g/mol. The number of aromatic nitrogens is 1. The topological polar surface area (TPSA) is 68.7 Å². The van der Waals surface area contributed by atoms with Crippen molar-refractivity contribution in [2.24, 2.45) is 0 Å². The monoisotopic (exact) mass is 297 g/mol. The predicted octanol–water partition coefficient (Wildman–Crippen LogP) is 2.46. The van der Waals surface area contributed by atoms with Crippen molar-refractivity contribution >= 4 is 5.97 Å². The molecule has 1 aromatic heterocycles. The number of hydrogen-bond donors (Lipinski definition) is 1. The molecule has 0 aliphatic carbocycles. The molecule has 0 aliphatic heterocycles. The van der Waals surface area contributed by atoms with E-state index in [2.05, 4.69) is 9.72 Å². The second-order valence-electron chi connectivity index (χ2n) is 3.80. The van der Waals surface area contributed by atoms with Crippen LogP contribution in [0.2, 0.25) is 0 Å². The molecule has 1 atom stereocenters. The van der Waals surface area contributed by atoms with Crippen LogP contribution < -0.4 is 9.47 Å². The van der Waals surface area contributed by atoms with E-state index in [1.54, 1.807) is 0 Å². The molecule has 0 radical (unpaired) electrons. The molecule has 0 amide bonds. The number of nitrogens with zero attached hydrogens (tertiary/aromatic N) is 1. The molecule has 0 bridgehead atoms. The third kappa shape index (κ3) is 5.29. The molecule has 9 heteroatoms. The minimum atomic E-state index is -4.55. The second-order valence-corrected chi connectivity index (χ2v) is 3.80. The normalized spacial score (nSPS) is 12.8. The van der Waals surface area contributed by atoms with Gasteiger partial charge in [0.05, 0.1) is 0 Å². The highest BCUT2D eigenvalue weighted by Gasteiger charge is 2.29. The molecule has 1 rings (SSSR count). The highest BCUT2D eigenvalue weighted by Crippen LogP contribution is 2.22. The molecule has 1 N–H and O–H groups in total. The van der Waals surface area contributed by atoms with Crippen LogP contribution in [0.25, 0.3) is 0 Å². The molecule has 5 nitrogen and oxygen atoms in total. The van der Waals surface area contributed by atoms with E-state index >= 15 is 0 Å². The molecule has 0 aromatic carbocycles. The number of carboxylic acid groups (broad SMARTS) is 1. The standard InChI is InChI=1S/C11H11F4NO4/c1-6(12)4-19-9-7(10(17)18)2-3-8(16-9)20-5-11(13,14)15/h2-3,6H,4-5H2,1H3,(H,17,18). The zero-order valence-electron chi connectivity index (χ0n) is 10.3. The van der Waals surface area contributed by atoms with E-state index in [-0.39, 0.29) is 0 Å². The highest BCUT2D eigenvalue weighted by molar-refractivity contribution is 5.90. The molecule has 1 unspecified atom stereocenters. The van der Waals surface area contributed by atoms with E-state index in [0.717, 1.165) is 12.1 Å². The maximum absolute atomic E-state index is 12.6. The molecule has 0 saturated carbocycles. The van der Waals surface area contributed by atoms with Crippen molar-refractivity contribution in [1.82, 2.24) is 4.98 Å². The fraction of sp³-hybridized carbons (Fsp3) is 0.455. The number of halogens is 4. The number of ether oxygens (including phenoxy) is 2. The molecule has 20 heavy (non-hydrogen) atoms. The molecule has 0 aliphatic rings. The molecule has 1 aromatic rings. The first-order chi connectivity index (χ1) is 9.19. The first kappa shape index (κ1) is 16.0. The lowest BCUT2D eigenvalue weighted by Crippen LogP contribution is -2.20. The Bertz CT molecular complexity index is 476. The largest absolute Gasteiger partial charge is 0.477 e. The Hall–Kier alpha value is -2.06. The Morgan fingerprint density at radius 1 is 1.40 bits per heavy atom. The summed E-state index contributed by atoms with van der Waals surface area (Å²) in [5.74, 6) is -2.36. The maximum Gasteiger partial charge on any atom is 0.422 e. The van der Waals surface area contributed by atoms with Crippen LogP contribution in [0.15, 0.2) is 12.1 Å². The summed E-state index contributed by atoms with van der Waals surface area (Å²) in [6.07, 6.45) is -5.94. The third-order valence-electron chi connectivity index (χ3n) is 1.90. The molecule has 0 saturated heterocycles. The van der Waals surface area contributed by atoms with Gasteiger partial charge >= 0.3 is 12.1 Å². The summed E-state index contributed by atoms with van der Waals surface area (Å²) in [6, 6.07) is 1.93. The Balaban J connectivity index is 2.89. The van der Waals surface area contributed by atoms with Crippen molar-refractivity contribution in [3.05, 3.63) is 17.7 Å². The molecule has 1 heterocycles. The van der Waals surface area contributed by atoms with Crippen molar-refractivity contribution in [2.45, 2.75) is 19.3 Å². The quantitative estimate of drug-likeness (QED) is 0.817. The summed E-state index contributed by atoms with van der Waals surface area (Å²) >= 11 is 0. The minimum Gasteiger partial charge on any atom is -0.477 e. The van der Waals surface area contributed by atoms with E-state index in [0.29, 0.717) is 0 Å². The fourth-order valence-corrected chi connectivity index (χ4v) is 1.13. The smallest absolute Gasteiger partial charge is 0.422 e. The SMILES string of the molecule is CC(F)COc1nc(OCC(F)(F)F)ccc1C(=O)O. The molecule has 0 spiro atoms. The summed E-state index contributed by atoms with van der Waals surface area (Å²) in [5.41, 5.74) is -0.398. The first-order valence-electron chi connectivity index (χ1n) is 5.40. The van der Waals surface area contributed by atoms with Crippen molar-refractivity contribution in [3.8, 4) is 11.8 Å². The lowest BCUT2D eigenvalue weighted by atomic mass is 10.3. The van der Waals surface area contributed by atoms with Gasteiger partial charge < -0.3 is 14.6 Å². The van der Waals surface area contributed by atoms with Crippen LogP contribution in [0.3, 0.4) is 0 Å². The van der Waals surface area contributed by atoms with Crippen LogP contribution in [0.1, 0.15) is 17.3 Å². The Morgan fingerprint density at radius 2 is 2.05 bits per heavy atom. The van der Waals surface area contributed by atoms with E-state index in [1.165, 1.54) is 6.92 Å². The van der Waals surface area contributed by atoms with Gasteiger partial charge in [-0.15, -0.1) is 0 Å². The van der Waals surface area contributed by atoms with Crippen molar-refractivity contribution in [2.75, 3.05) is 13.2 Å². The lowest BCUT2D eigenvalue weighted by molar-refractivity contribution is -0.154. The molecule has 0 fully saturated rings. The number of aromatic carboxylic acids is 1. The van der Waals surface area contributed by atoms with Crippen molar-refractivity contribution < 1.29 is 36.9 Å². The van der Waals surface area contributed by atoms with Crippen LogP contribution >= 0.6 is 0 Å². The van der Waals surface area contributed by atoms with Crippen molar-refractivity contribution in [3.63, 3.8) is 0 Å². The number of carbonyl (C=O) groups is 1. The second kappa shape index (κ2) is 6.40. The zero-order chi connectivity index (χ0) is 15.3. The number of hydrogen-bond acceptors (Lipinski definition) is 4. The van der Waals surface area contributed by atoms with Crippen LogP contribution in [-0.4, -0.2) is 41.6 Å². The number of pyridine rings is 1. The summed E-state index contributed by atoms with van der Waals surface area (Å²) in [6.45, 7) is -0.883. The average Bonchev–Trinajstić information content (AvgIpc) is 2.32. The zero-order valence-corrected chi connectivity index (χ0v) is 10.3. The fourth-order valence-electron chi connectivity index (χ4n) is 1.13. The summed E-state index contributed by atoms with van der Waals surface area (Å²) in [5, 5.41) is 8.85. The van der Waals surface area contributed by atoms with E-state index in [1.807, 2.05) is 0 Å². The minimum absolute atomic E-state index is 0.398. The van der Waals surface area contributed by atoms with Gasteiger partial charge in [-0.25, -0.2) is 9.18 Å². The Labute approximate surface area is 111 Å². The van der Waals surface area contributed by atoms with Crippen LogP contribution in [0.4, 0.5) is 17.6 Å². The van der Waals surface area contributed by atoms with Gasteiger partial charge in [-0.3, -0.25) is 0 Å². The van der Waals surface area contributed by atoms with Crippen LogP contribution in [0, 0.1) is 0 Å². The number of rotatable bonds is 6. The van der Waals surface area contributed by atoms with E-state index < -0.39 is 48.9 Å². The van der Waals surface area contributed by atoms with Gasteiger partial charge in [0.2, 0.25) is 11.8 Å². The number of carboxylic acids is 1. The van der Waals surface area contributed by atoms with Gasteiger partial charge in [-0.05, 0) is 13.0 Å². The lowest BCUT2D eigenvalue weighted by Gasteiger charge is -2.12. The van der Waals surface area contributed by atoms with E-state index in [4.69, 9.17) is 9.84 Å². The Morgan fingerprint density at radius 3 is 2.55 bits per heavy atom. The van der Waals surface area contributed by atoms with Crippen molar-refractivity contribution in [1.29, 1.82) is 0 Å². The molecular formula is C11H11F4NO4. The van der Waals surface area contributed by atoms with Crippen LogP contribution in [0.5, 0.6) is 11.8 Å². The number of alkyl halides is 4. The van der Waals surface area contributed by atoms with Gasteiger partial charge in [-0.1, -0.05) is 0 Å². The molecule has 112 valence electrons. The summed E-state index contributed by atoms with van der Waals surface area (Å²) in [7, 11) is 0. The maximum atomic E-state index is 12.6. The third-order valence-corrected chi connectivity index (χ3v) is 1.90. The predicted molar refractivity (Wildman–Crippen MR) is 58.8 cm³/mol. The summed E-state index contributed by atoms with van der Waals surface area (Å²) in [4.78, 5) is 14.3. The molecular weight excluding hydrogens is 286 g/mol.